The van der Waals surface area contributed by atoms with Gasteiger partial charge in [0.15, 0.2) is 0 Å². The molecule has 4 nitrogen and oxygen atoms in total. The first-order valence-corrected chi connectivity index (χ1v) is 10.4. The largest absolute Gasteiger partial charge is 0.461 e. The van der Waals surface area contributed by atoms with Crippen molar-refractivity contribution in [2.45, 2.75) is 77.7 Å². The highest BCUT2D eigenvalue weighted by Crippen LogP contribution is 2.38. The van der Waals surface area contributed by atoms with E-state index < -0.39 is 48.4 Å². The van der Waals surface area contributed by atoms with Gasteiger partial charge in [0.25, 0.3) is 0 Å². The maximum Gasteiger partial charge on any atom is 0.389 e. The number of benzene rings is 1. The van der Waals surface area contributed by atoms with E-state index in [1.54, 1.807) is 45.0 Å². The lowest BCUT2D eigenvalue weighted by molar-refractivity contribution is -0.172. The Kier molecular flexibility index (Phi) is 8.33. The van der Waals surface area contributed by atoms with Crippen molar-refractivity contribution in [3.05, 3.63) is 35.9 Å². The predicted octanol–water partition coefficient (Wildman–Crippen LogP) is 5.84. The number of rotatable bonds is 10. The van der Waals surface area contributed by atoms with Crippen molar-refractivity contribution in [3.63, 3.8) is 0 Å². The average molecular weight is 428 g/mol. The van der Waals surface area contributed by atoms with E-state index in [0.717, 1.165) is 18.4 Å². The highest BCUT2D eigenvalue weighted by atomic mass is 19.4. The molecule has 0 N–H and O–H groups in total. The van der Waals surface area contributed by atoms with Gasteiger partial charge in [-0.25, -0.2) is 0 Å². The molecule has 0 radical (unpaired) electrons. The number of halogens is 3. The molecule has 0 aliphatic heterocycles. The summed E-state index contributed by atoms with van der Waals surface area (Å²) in [6.07, 6.45) is -2.96. The van der Waals surface area contributed by atoms with Gasteiger partial charge in [-0.15, -0.1) is 0 Å². The summed E-state index contributed by atoms with van der Waals surface area (Å²) in [6.45, 7) is 5.04. The summed E-state index contributed by atoms with van der Waals surface area (Å²) in [4.78, 5) is 25.6. The number of carbonyl (C=O) groups is 2. The number of alkyl halides is 3. The van der Waals surface area contributed by atoms with Crippen LogP contribution in [0.25, 0.3) is 0 Å². The molecule has 168 valence electrons. The van der Waals surface area contributed by atoms with Crippen molar-refractivity contribution in [3.8, 4) is 0 Å². The van der Waals surface area contributed by atoms with Crippen LogP contribution in [0.5, 0.6) is 0 Å². The van der Waals surface area contributed by atoms with Crippen LogP contribution in [0, 0.1) is 17.8 Å². The van der Waals surface area contributed by atoms with E-state index in [0.29, 0.717) is 18.8 Å². The number of esters is 2. The Morgan fingerprint density at radius 3 is 2.13 bits per heavy atom. The molecule has 0 bridgehead atoms. The Balaban J connectivity index is 2.16. The van der Waals surface area contributed by atoms with Crippen molar-refractivity contribution in [1.82, 2.24) is 0 Å². The van der Waals surface area contributed by atoms with Crippen LogP contribution in [0.4, 0.5) is 13.2 Å². The second-order valence-corrected chi connectivity index (χ2v) is 9.01. The highest BCUT2D eigenvalue weighted by Gasteiger charge is 2.41. The predicted molar refractivity (Wildman–Crippen MR) is 106 cm³/mol. The van der Waals surface area contributed by atoms with E-state index in [9.17, 15) is 22.8 Å². The van der Waals surface area contributed by atoms with Crippen LogP contribution in [-0.2, 0) is 25.7 Å². The van der Waals surface area contributed by atoms with Crippen molar-refractivity contribution in [1.29, 1.82) is 0 Å². The molecule has 2 atom stereocenters. The summed E-state index contributed by atoms with van der Waals surface area (Å²) in [5.41, 5.74) is -0.0653. The normalized spacial score (nSPS) is 16.6. The fourth-order valence-electron chi connectivity index (χ4n) is 3.32. The van der Waals surface area contributed by atoms with Crippen molar-refractivity contribution in [2.24, 2.45) is 17.8 Å². The van der Waals surface area contributed by atoms with E-state index in [1.807, 2.05) is 6.07 Å². The minimum absolute atomic E-state index is 0.0497. The maximum atomic E-state index is 12.9. The van der Waals surface area contributed by atoms with Crippen molar-refractivity contribution < 1.29 is 32.2 Å². The van der Waals surface area contributed by atoms with Crippen LogP contribution in [0.15, 0.2) is 30.3 Å². The first-order chi connectivity index (χ1) is 13.9. The van der Waals surface area contributed by atoms with Gasteiger partial charge in [-0.2, -0.15) is 13.2 Å². The Bertz CT molecular complexity index is 691. The first-order valence-electron chi connectivity index (χ1n) is 10.4. The summed E-state index contributed by atoms with van der Waals surface area (Å²) < 4.78 is 49.5. The molecule has 30 heavy (non-hydrogen) atoms. The fourth-order valence-corrected chi connectivity index (χ4v) is 3.32. The van der Waals surface area contributed by atoms with E-state index in [2.05, 4.69) is 0 Å². The Morgan fingerprint density at radius 2 is 1.60 bits per heavy atom. The monoisotopic (exact) mass is 428 g/mol. The van der Waals surface area contributed by atoms with Crippen LogP contribution < -0.4 is 0 Å². The zero-order chi connectivity index (χ0) is 22.4. The molecule has 1 fully saturated rings. The molecule has 1 aliphatic rings. The number of hydrogen-bond donors (Lipinski definition) is 0. The third kappa shape index (κ3) is 9.18. The van der Waals surface area contributed by atoms with Crippen molar-refractivity contribution >= 4 is 11.9 Å². The first kappa shape index (κ1) is 24.2. The molecule has 1 saturated carbocycles. The van der Waals surface area contributed by atoms with Gasteiger partial charge in [0.05, 0.1) is 11.8 Å². The molecule has 2 rings (SSSR count). The van der Waals surface area contributed by atoms with Gasteiger partial charge >= 0.3 is 18.1 Å². The molecular weight excluding hydrogens is 397 g/mol. The summed E-state index contributed by atoms with van der Waals surface area (Å²) in [7, 11) is 0. The topological polar surface area (TPSA) is 52.6 Å². The number of carbonyl (C=O) groups excluding carboxylic acids is 2. The van der Waals surface area contributed by atoms with E-state index in [1.165, 1.54) is 0 Å². The quantitative estimate of drug-likeness (QED) is 0.440. The molecule has 1 aliphatic carbocycles. The Morgan fingerprint density at radius 1 is 1.00 bits per heavy atom. The molecule has 0 amide bonds. The highest BCUT2D eigenvalue weighted by molar-refractivity contribution is 5.82. The molecular formula is C23H31F3O4. The van der Waals surface area contributed by atoms with Crippen LogP contribution >= 0.6 is 0 Å². The van der Waals surface area contributed by atoms with Gasteiger partial charge in [0, 0.05) is 6.42 Å². The van der Waals surface area contributed by atoms with Crippen LogP contribution in [0.2, 0.25) is 0 Å². The second kappa shape index (κ2) is 10.3. The molecule has 1 aromatic rings. The van der Waals surface area contributed by atoms with E-state index in [-0.39, 0.29) is 6.61 Å². The summed E-state index contributed by atoms with van der Waals surface area (Å²) in [5.74, 6) is -3.08. The minimum Gasteiger partial charge on any atom is -0.461 e. The Labute approximate surface area is 176 Å². The maximum absolute atomic E-state index is 12.9. The smallest absolute Gasteiger partial charge is 0.389 e. The van der Waals surface area contributed by atoms with E-state index >= 15 is 0 Å². The average Bonchev–Trinajstić information content (AvgIpc) is 3.45. The van der Waals surface area contributed by atoms with Gasteiger partial charge in [-0.1, -0.05) is 43.2 Å². The lowest BCUT2D eigenvalue weighted by atomic mass is 9.84. The van der Waals surface area contributed by atoms with Gasteiger partial charge in [-0.05, 0) is 51.5 Å². The molecule has 0 heterocycles. The summed E-state index contributed by atoms with van der Waals surface area (Å²) in [5, 5.41) is 0. The third-order valence-electron chi connectivity index (χ3n) is 5.04. The fraction of sp³-hybridized carbons (Fsp3) is 0.652. The van der Waals surface area contributed by atoms with Crippen LogP contribution in [0.3, 0.4) is 0 Å². The number of hydrogen-bond acceptors (Lipinski definition) is 4. The number of ether oxygens (including phenoxy) is 2. The third-order valence-corrected chi connectivity index (χ3v) is 5.04. The van der Waals surface area contributed by atoms with Crippen molar-refractivity contribution in [2.75, 3.05) is 0 Å². The lowest BCUT2D eigenvalue weighted by Gasteiger charge is -2.28. The lowest BCUT2D eigenvalue weighted by Crippen LogP contribution is -2.37. The SMILES string of the molecule is CC(C)(C)OC(=O)C(CCC1CC1)C(CCC(F)(F)F)C(=O)OCc1ccccc1. The molecule has 7 heteroatoms. The zero-order valence-electron chi connectivity index (χ0n) is 17.8. The minimum atomic E-state index is -4.42. The second-order valence-electron chi connectivity index (χ2n) is 9.01. The van der Waals surface area contributed by atoms with Gasteiger partial charge in [0.1, 0.15) is 12.2 Å². The van der Waals surface area contributed by atoms with Gasteiger partial charge in [-0.3, -0.25) is 9.59 Å². The Hall–Kier alpha value is -2.05. The molecule has 0 saturated heterocycles. The summed E-state index contributed by atoms with van der Waals surface area (Å²) in [6, 6.07) is 8.90. The molecule has 1 aromatic carbocycles. The molecule has 0 aromatic heterocycles. The van der Waals surface area contributed by atoms with Gasteiger partial charge in [0.2, 0.25) is 0 Å². The summed E-state index contributed by atoms with van der Waals surface area (Å²) >= 11 is 0. The standard InChI is InChI=1S/C23H31F3O4/c1-22(2,3)30-21(28)18(12-11-16-9-10-16)19(13-14-23(24,25)26)20(27)29-15-17-7-5-4-6-8-17/h4-8,16,18-19H,9-15H2,1-3H3. The van der Waals surface area contributed by atoms with E-state index in [4.69, 9.17) is 9.47 Å². The van der Waals surface area contributed by atoms with Crippen LogP contribution in [0.1, 0.15) is 64.9 Å². The zero-order valence-corrected chi connectivity index (χ0v) is 17.8. The van der Waals surface area contributed by atoms with Crippen LogP contribution in [-0.4, -0.2) is 23.7 Å². The molecule has 0 spiro atoms. The molecule has 2 unspecified atom stereocenters. The van der Waals surface area contributed by atoms with Gasteiger partial charge < -0.3 is 9.47 Å².